The Bertz CT molecular complexity index is 1670. The van der Waals surface area contributed by atoms with Gasteiger partial charge in [-0.2, -0.15) is 0 Å². The highest BCUT2D eigenvalue weighted by molar-refractivity contribution is 7.22. The van der Waals surface area contributed by atoms with E-state index in [9.17, 15) is 14.7 Å². The van der Waals surface area contributed by atoms with E-state index in [1.807, 2.05) is 32.0 Å². The quantitative estimate of drug-likeness (QED) is 0.178. The number of anilines is 1. The maximum Gasteiger partial charge on any atom is 0.301 e. The van der Waals surface area contributed by atoms with Crippen LogP contribution in [0.5, 0.6) is 23.0 Å². The Balaban J connectivity index is 1.78. The molecule has 5 rings (SSSR count). The Hall–Kier alpha value is -4.57. The molecule has 10 heteroatoms. The van der Waals surface area contributed by atoms with Gasteiger partial charge in [-0.15, -0.1) is 0 Å². The van der Waals surface area contributed by atoms with Crippen molar-refractivity contribution in [3.63, 3.8) is 0 Å². The molecule has 0 saturated carbocycles. The van der Waals surface area contributed by atoms with Crippen molar-refractivity contribution in [1.29, 1.82) is 0 Å². The zero-order valence-corrected chi connectivity index (χ0v) is 23.7. The number of rotatable bonds is 7. The molecular formula is C30H28N2O7S. The number of carbonyl (C=O) groups is 2. The van der Waals surface area contributed by atoms with Crippen LogP contribution in [0.25, 0.3) is 16.0 Å². The molecule has 3 aromatic carbocycles. The number of hydrogen-bond donors (Lipinski definition) is 1. The lowest BCUT2D eigenvalue weighted by Gasteiger charge is -2.24. The van der Waals surface area contributed by atoms with Crippen molar-refractivity contribution in [2.45, 2.75) is 19.9 Å². The van der Waals surface area contributed by atoms with Gasteiger partial charge in [-0.05, 0) is 73.0 Å². The number of nitrogens with zero attached hydrogens (tertiary/aromatic N) is 2. The van der Waals surface area contributed by atoms with E-state index in [1.54, 1.807) is 37.4 Å². The van der Waals surface area contributed by atoms with Crippen molar-refractivity contribution >= 4 is 44.1 Å². The van der Waals surface area contributed by atoms with Crippen molar-refractivity contribution in [3.8, 4) is 23.0 Å². The van der Waals surface area contributed by atoms with E-state index in [0.717, 1.165) is 15.8 Å². The molecule has 1 fully saturated rings. The van der Waals surface area contributed by atoms with Gasteiger partial charge in [0, 0.05) is 5.56 Å². The van der Waals surface area contributed by atoms with Crippen LogP contribution in [-0.4, -0.2) is 50.2 Å². The van der Waals surface area contributed by atoms with Gasteiger partial charge < -0.3 is 24.1 Å². The largest absolute Gasteiger partial charge is 0.507 e. The van der Waals surface area contributed by atoms with E-state index < -0.39 is 17.7 Å². The van der Waals surface area contributed by atoms with Crippen LogP contribution in [0.1, 0.15) is 28.3 Å². The number of ether oxygens (including phenoxy) is 4. The van der Waals surface area contributed by atoms with Gasteiger partial charge in [0.25, 0.3) is 5.78 Å². The van der Waals surface area contributed by atoms with Crippen LogP contribution in [0.2, 0.25) is 0 Å². The third-order valence-corrected chi connectivity index (χ3v) is 7.87. The molecule has 1 unspecified atom stereocenters. The van der Waals surface area contributed by atoms with Crippen molar-refractivity contribution in [2.24, 2.45) is 0 Å². The van der Waals surface area contributed by atoms with E-state index in [2.05, 4.69) is 4.98 Å². The molecule has 1 N–H and O–H groups in total. The number of ketones is 1. The first-order chi connectivity index (χ1) is 19.2. The monoisotopic (exact) mass is 560 g/mol. The first-order valence-electron chi connectivity index (χ1n) is 12.4. The maximum absolute atomic E-state index is 13.7. The SMILES string of the molecule is COc1ccc(C(O)=C2C(=O)C(=O)N(c3nc4ccc(C)cc4s3)C2c2cc(OC)c(OC)c(OC)c2)cc1C. The van der Waals surface area contributed by atoms with Crippen LogP contribution < -0.4 is 23.8 Å². The van der Waals surface area contributed by atoms with Crippen molar-refractivity contribution in [2.75, 3.05) is 33.3 Å². The summed E-state index contributed by atoms with van der Waals surface area (Å²) in [6, 6.07) is 13.1. The Kier molecular flexibility index (Phi) is 7.12. The van der Waals surface area contributed by atoms with Crippen LogP contribution >= 0.6 is 11.3 Å². The molecule has 0 aliphatic carbocycles. The minimum absolute atomic E-state index is 0.0840. The highest BCUT2D eigenvalue weighted by atomic mass is 32.1. The second-order valence-corrected chi connectivity index (χ2v) is 10.3. The fraction of sp³-hybridized carbons (Fsp3) is 0.233. The van der Waals surface area contributed by atoms with Crippen LogP contribution in [0, 0.1) is 13.8 Å². The van der Waals surface area contributed by atoms with Gasteiger partial charge in [-0.3, -0.25) is 14.5 Å². The third-order valence-electron chi connectivity index (χ3n) is 6.85. The summed E-state index contributed by atoms with van der Waals surface area (Å²) >= 11 is 1.29. The molecule has 1 amide bonds. The molecule has 206 valence electrons. The minimum Gasteiger partial charge on any atom is -0.507 e. The molecule has 1 aromatic heterocycles. The van der Waals surface area contributed by atoms with E-state index >= 15 is 0 Å². The van der Waals surface area contributed by atoms with E-state index in [1.165, 1.54) is 37.6 Å². The summed E-state index contributed by atoms with van der Waals surface area (Å²) in [6.45, 7) is 3.80. The molecule has 0 spiro atoms. The number of benzene rings is 3. The number of carbonyl (C=O) groups excluding carboxylic acids is 2. The summed E-state index contributed by atoms with van der Waals surface area (Å²) < 4.78 is 22.8. The second-order valence-electron chi connectivity index (χ2n) is 9.28. The van der Waals surface area contributed by atoms with Crippen LogP contribution in [0.4, 0.5) is 5.13 Å². The molecule has 1 aliphatic heterocycles. The van der Waals surface area contributed by atoms with Gasteiger partial charge >= 0.3 is 5.91 Å². The molecule has 0 radical (unpaired) electrons. The predicted octanol–water partition coefficient (Wildman–Crippen LogP) is 5.57. The van der Waals surface area contributed by atoms with Crippen molar-refractivity contribution in [3.05, 3.63) is 76.4 Å². The van der Waals surface area contributed by atoms with E-state index in [0.29, 0.717) is 44.8 Å². The van der Waals surface area contributed by atoms with Crippen molar-refractivity contribution < 1.29 is 33.6 Å². The number of aliphatic hydroxyl groups is 1. The lowest BCUT2D eigenvalue weighted by molar-refractivity contribution is -0.132. The van der Waals surface area contributed by atoms with Gasteiger partial charge in [0.05, 0.1) is 50.3 Å². The molecule has 9 nitrogen and oxygen atoms in total. The van der Waals surface area contributed by atoms with Crippen LogP contribution in [-0.2, 0) is 9.59 Å². The van der Waals surface area contributed by atoms with Crippen LogP contribution in [0.3, 0.4) is 0 Å². The molecule has 0 bridgehead atoms. The first-order valence-corrected chi connectivity index (χ1v) is 13.2. The van der Waals surface area contributed by atoms with E-state index in [-0.39, 0.29) is 11.3 Å². The smallest absolute Gasteiger partial charge is 0.301 e. The number of aryl methyl sites for hydroxylation is 2. The second kappa shape index (κ2) is 10.5. The molecular weight excluding hydrogens is 532 g/mol. The Morgan fingerprint density at radius 2 is 1.55 bits per heavy atom. The number of thiazole rings is 1. The van der Waals surface area contributed by atoms with Gasteiger partial charge in [0.15, 0.2) is 16.6 Å². The number of fused-ring (bicyclic) bond motifs is 1. The predicted molar refractivity (Wildman–Crippen MR) is 153 cm³/mol. The summed E-state index contributed by atoms with van der Waals surface area (Å²) in [5, 5.41) is 11.9. The molecule has 40 heavy (non-hydrogen) atoms. The summed E-state index contributed by atoms with van der Waals surface area (Å²) in [7, 11) is 6.00. The minimum atomic E-state index is -1.03. The highest BCUT2D eigenvalue weighted by Crippen LogP contribution is 2.48. The van der Waals surface area contributed by atoms with Gasteiger partial charge in [-0.25, -0.2) is 4.98 Å². The standard InChI is InChI=1S/C30H28N2O7S/c1-15-7-9-19-23(11-15)40-30(31-19)32-25(18-13-21(37-4)28(39-6)22(14-18)38-5)24(27(34)29(32)35)26(33)17-8-10-20(36-3)16(2)12-17/h7-14,25,33H,1-6H3. The molecule has 1 atom stereocenters. The summed E-state index contributed by atoms with van der Waals surface area (Å²) in [4.78, 5) is 33.3. The topological polar surface area (TPSA) is 107 Å². The normalized spacial score (nSPS) is 16.4. The fourth-order valence-corrected chi connectivity index (χ4v) is 6.00. The third kappa shape index (κ3) is 4.40. The zero-order valence-electron chi connectivity index (χ0n) is 22.9. The number of hydrogen-bond acceptors (Lipinski definition) is 9. The first kappa shape index (κ1) is 27.0. The highest BCUT2D eigenvalue weighted by Gasteiger charge is 2.48. The number of aromatic nitrogens is 1. The van der Waals surface area contributed by atoms with Gasteiger partial charge in [0.2, 0.25) is 5.75 Å². The lowest BCUT2D eigenvalue weighted by atomic mass is 9.94. The molecule has 1 aliphatic rings. The average Bonchev–Trinajstić information content (AvgIpc) is 3.48. The summed E-state index contributed by atoms with van der Waals surface area (Å²) in [5.74, 6) is -0.302. The number of Topliss-reactive ketones (excluding diaryl/α,β-unsaturated/α-hetero) is 1. The molecule has 4 aromatic rings. The Labute approximate surface area is 235 Å². The summed E-state index contributed by atoms with van der Waals surface area (Å²) in [5.41, 5.74) is 3.25. The molecule has 1 saturated heterocycles. The fourth-order valence-electron chi connectivity index (χ4n) is 4.91. The Morgan fingerprint density at radius 3 is 2.15 bits per heavy atom. The number of aliphatic hydroxyl groups excluding tert-OH is 1. The maximum atomic E-state index is 13.7. The average molecular weight is 561 g/mol. The van der Waals surface area contributed by atoms with Crippen molar-refractivity contribution in [1.82, 2.24) is 4.98 Å². The lowest BCUT2D eigenvalue weighted by Crippen LogP contribution is -2.29. The number of amides is 1. The Morgan fingerprint density at radius 1 is 0.875 bits per heavy atom. The summed E-state index contributed by atoms with van der Waals surface area (Å²) in [6.07, 6.45) is 0. The van der Waals surface area contributed by atoms with E-state index in [4.69, 9.17) is 18.9 Å². The van der Waals surface area contributed by atoms with Gasteiger partial charge in [0.1, 0.15) is 11.5 Å². The number of methoxy groups -OCH3 is 4. The van der Waals surface area contributed by atoms with Gasteiger partial charge in [-0.1, -0.05) is 17.4 Å². The molecule has 2 heterocycles. The van der Waals surface area contributed by atoms with Crippen LogP contribution in [0.15, 0.2) is 54.1 Å². The zero-order chi connectivity index (χ0) is 28.7.